The van der Waals surface area contributed by atoms with Crippen LogP contribution in [0.2, 0.25) is 0 Å². The molecule has 4 aliphatic heterocycles. The van der Waals surface area contributed by atoms with Crippen molar-refractivity contribution in [3.8, 4) is 0 Å². The molecule has 86 heavy (non-hydrogen) atoms. The van der Waals surface area contributed by atoms with E-state index in [4.69, 9.17) is 61.6 Å². The Bertz CT molecular complexity index is 2610. The van der Waals surface area contributed by atoms with E-state index < -0.39 is 158 Å². The van der Waals surface area contributed by atoms with Crippen molar-refractivity contribution in [2.24, 2.45) is 28.6 Å². The highest BCUT2D eigenvalue weighted by molar-refractivity contribution is 5.89. The van der Waals surface area contributed by atoms with E-state index in [9.17, 15) is 45.3 Å². The van der Waals surface area contributed by atoms with E-state index >= 15 is 0 Å². The van der Waals surface area contributed by atoms with Crippen LogP contribution in [-0.2, 0) is 66.4 Å². The Morgan fingerprint density at radius 2 is 1.34 bits per heavy atom. The second-order valence-corrected chi connectivity index (χ2v) is 25.7. The number of methoxy groups -OCH3 is 3. The first-order valence-corrected chi connectivity index (χ1v) is 30.7. The van der Waals surface area contributed by atoms with Gasteiger partial charge in [-0.15, -0.1) is 0 Å². The van der Waals surface area contributed by atoms with E-state index in [1.165, 1.54) is 19.4 Å². The number of ether oxygens (including phenoxy) is 13. The molecule has 7 N–H and O–H groups in total. The predicted molar refractivity (Wildman–Crippen MR) is 302 cm³/mol. The topological polar surface area (TPSA) is 309 Å². The summed E-state index contributed by atoms with van der Waals surface area (Å²) < 4.78 is 80.9. The van der Waals surface area contributed by atoms with Gasteiger partial charge >= 0.3 is 11.9 Å². The second kappa shape index (κ2) is 26.7. The number of aliphatic hydroxyl groups excluding tert-OH is 5. The van der Waals surface area contributed by atoms with E-state index in [0.29, 0.717) is 25.7 Å². The number of hydrogen-bond acceptors (Lipinski definition) is 23. The van der Waals surface area contributed by atoms with Gasteiger partial charge in [-0.3, -0.25) is 4.98 Å². The van der Waals surface area contributed by atoms with E-state index in [-0.39, 0.29) is 54.1 Å². The number of esters is 2. The maximum absolute atomic E-state index is 14.0. The number of carbonyl (C=O) groups is 2. The van der Waals surface area contributed by atoms with Gasteiger partial charge in [-0.2, -0.15) is 0 Å². The standard InChI is InChI=1S/C63H91NO22/c1-32-53(84-48-29-43(75-8)54(33(2)78-48)85-59-52(70)56(76-9)55(34(3)79-59)86-58-51(69)50(68)49(67)44(31-65)82-58)42(74-7)28-47(77-32)81-39-21-22-60(5)38(26-39)18-19-40-41(60)27-45(83-46(66)20-17-36-14-11-10-12-15-36)61(6)62(72,23-24-63(40,61)73)35(4)80-57(71)37-16-13-25-64-30-37/h10-17,20,25,30,32-35,38-45,47-56,58-59,65,67-70,72-73H,18-19,21-24,26-29,31H2,1-9H3/b20-17+/t32-,33-,34-,35+,38+,39+,40-,41+,42+,43+,44-,45-,47+,48+,49-,50+,51-,52-,53-,54-,55-,56-,58+,59+,60+,61-,62-,63+/m1/s1. The summed E-state index contributed by atoms with van der Waals surface area (Å²) in [5.74, 6) is -1.38. The van der Waals surface area contributed by atoms with Gasteiger partial charge < -0.3 is 97.3 Å². The van der Waals surface area contributed by atoms with Gasteiger partial charge in [0.05, 0.1) is 59.8 Å². The molecule has 0 amide bonds. The summed E-state index contributed by atoms with van der Waals surface area (Å²) in [7, 11) is 4.54. The molecule has 8 aliphatic rings. The van der Waals surface area contributed by atoms with Gasteiger partial charge in [0, 0.05) is 52.6 Å². The fourth-order valence-corrected chi connectivity index (χ4v) is 16.3. The lowest BCUT2D eigenvalue weighted by Crippen LogP contribution is -2.72. The molecule has 480 valence electrons. The first-order valence-electron chi connectivity index (χ1n) is 30.7. The molecule has 4 aliphatic carbocycles. The van der Waals surface area contributed by atoms with Gasteiger partial charge in [-0.1, -0.05) is 44.2 Å². The van der Waals surface area contributed by atoms with Crippen molar-refractivity contribution in [1.29, 1.82) is 0 Å². The van der Waals surface area contributed by atoms with Crippen LogP contribution in [0.25, 0.3) is 6.08 Å². The number of rotatable bonds is 18. The van der Waals surface area contributed by atoms with Crippen molar-refractivity contribution >= 4 is 18.0 Å². The zero-order valence-electron chi connectivity index (χ0n) is 50.7. The molecule has 1 aromatic heterocycles. The monoisotopic (exact) mass is 1210 g/mol. The SMILES string of the molecule is CO[C@@H]1[C@@H](O)[C@H](O[C@H]2[C@@H](OC)C[C@H](O[C@H]3[C@@H](OC)C[C@H](O[C@H]4CC[C@@]5(C)[C@@H](CC[C@@H]6[C@@H]5C[C@@H](OC(=O)/C=C/c5ccccc5)[C@]5(C)[C@](O)([C@H](C)OC(=O)c7cccnc7)CC[C@]65O)C4)O[C@@H]3C)O[C@@H]2C)O[C@H](C)[C@H]1O[C@@H]1O[C@H](CO)[C@@H](O)[C@H](O)[C@H]1O. The summed E-state index contributed by atoms with van der Waals surface area (Å²) in [4.78, 5) is 31.5. The lowest BCUT2D eigenvalue weighted by atomic mass is 9.42. The number of pyridine rings is 1. The Morgan fingerprint density at radius 1 is 0.686 bits per heavy atom. The summed E-state index contributed by atoms with van der Waals surface area (Å²) in [6.45, 7) is 10.5. The third-order valence-corrected chi connectivity index (χ3v) is 21.3. The molecule has 5 heterocycles. The molecular weight excluding hydrogens is 1120 g/mol. The Labute approximate surface area is 502 Å². The van der Waals surface area contributed by atoms with Crippen LogP contribution in [0.3, 0.4) is 0 Å². The quantitative estimate of drug-likeness (QED) is 0.0638. The Kier molecular flexibility index (Phi) is 20.2. The third-order valence-electron chi connectivity index (χ3n) is 21.3. The molecule has 2 aromatic rings. The normalized spacial score (nSPS) is 46.4. The summed E-state index contributed by atoms with van der Waals surface area (Å²) in [6.07, 6.45) is -9.14. The van der Waals surface area contributed by atoms with Crippen molar-refractivity contribution in [2.75, 3.05) is 27.9 Å². The molecule has 0 unspecified atom stereocenters. The van der Waals surface area contributed by atoms with Crippen molar-refractivity contribution in [3.05, 3.63) is 72.1 Å². The minimum Gasteiger partial charge on any atom is -0.458 e. The average Bonchev–Trinajstić information content (AvgIpc) is 1.42. The lowest BCUT2D eigenvalue weighted by molar-refractivity contribution is -0.373. The minimum atomic E-state index is -1.77. The Morgan fingerprint density at radius 3 is 1.99 bits per heavy atom. The van der Waals surface area contributed by atoms with Crippen LogP contribution in [0.15, 0.2) is 60.9 Å². The maximum Gasteiger partial charge on any atom is 0.340 e. The number of benzene rings is 1. The number of aliphatic hydroxyl groups is 7. The van der Waals surface area contributed by atoms with Crippen LogP contribution < -0.4 is 0 Å². The zero-order valence-corrected chi connectivity index (χ0v) is 50.7. The molecule has 0 radical (unpaired) electrons. The third kappa shape index (κ3) is 12.2. The highest BCUT2D eigenvalue weighted by Gasteiger charge is 2.77. The number of fused-ring (bicyclic) bond motifs is 5. The van der Waals surface area contributed by atoms with Crippen LogP contribution in [0, 0.1) is 28.6 Å². The lowest BCUT2D eigenvalue weighted by Gasteiger charge is -2.66. The molecule has 23 heteroatoms. The van der Waals surface area contributed by atoms with Gasteiger partial charge in [0.2, 0.25) is 0 Å². The molecule has 4 saturated carbocycles. The van der Waals surface area contributed by atoms with Gasteiger partial charge in [-0.05, 0) is 126 Å². The van der Waals surface area contributed by atoms with E-state index in [0.717, 1.165) is 24.8 Å². The zero-order chi connectivity index (χ0) is 61.6. The number of aromatic nitrogens is 1. The summed E-state index contributed by atoms with van der Waals surface area (Å²) in [5.41, 5.74) is -3.92. The maximum atomic E-state index is 14.0. The molecule has 10 rings (SSSR count). The minimum absolute atomic E-state index is 0.0830. The first kappa shape index (κ1) is 65.3. The van der Waals surface area contributed by atoms with Crippen molar-refractivity contribution in [1.82, 2.24) is 4.98 Å². The van der Waals surface area contributed by atoms with Crippen molar-refractivity contribution in [2.45, 2.75) is 246 Å². The predicted octanol–water partition coefficient (Wildman–Crippen LogP) is 3.51. The first-order chi connectivity index (χ1) is 41.0. The second-order valence-electron chi connectivity index (χ2n) is 25.7. The Hall–Kier alpha value is -3.67. The Balaban J connectivity index is 0.761. The van der Waals surface area contributed by atoms with Crippen molar-refractivity contribution < 1.29 is 107 Å². The van der Waals surface area contributed by atoms with Crippen LogP contribution in [-0.4, -0.2) is 221 Å². The molecule has 0 spiro atoms. The van der Waals surface area contributed by atoms with Gasteiger partial charge in [-0.25, -0.2) is 9.59 Å². The van der Waals surface area contributed by atoms with E-state index in [2.05, 4.69) is 11.9 Å². The summed E-state index contributed by atoms with van der Waals surface area (Å²) in [5, 5.41) is 79.0. The average molecular weight is 1210 g/mol. The smallest absolute Gasteiger partial charge is 0.340 e. The molecule has 8 fully saturated rings. The fourth-order valence-electron chi connectivity index (χ4n) is 16.3. The number of carbonyl (C=O) groups excluding carboxylic acids is 2. The van der Waals surface area contributed by atoms with Crippen LogP contribution in [0.4, 0.5) is 0 Å². The molecular formula is C63H91NO22. The highest BCUT2D eigenvalue weighted by atomic mass is 16.8. The van der Waals surface area contributed by atoms with Gasteiger partial charge in [0.15, 0.2) is 25.2 Å². The van der Waals surface area contributed by atoms with E-state index in [1.807, 2.05) is 44.2 Å². The largest absolute Gasteiger partial charge is 0.458 e. The van der Waals surface area contributed by atoms with E-state index in [1.54, 1.807) is 59.4 Å². The van der Waals surface area contributed by atoms with Crippen LogP contribution in [0.5, 0.6) is 0 Å². The van der Waals surface area contributed by atoms with Crippen LogP contribution >= 0.6 is 0 Å². The highest BCUT2D eigenvalue weighted by Crippen LogP contribution is 2.71. The molecule has 0 bridgehead atoms. The fraction of sp³-hybridized carbons (Fsp3) is 0.762. The van der Waals surface area contributed by atoms with Gasteiger partial charge in [0.1, 0.15) is 72.7 Å². The number of nitrogens with zero attached hydrogens (tertiary/aromatic N) is 1. The molecule has 23 nitrogen and oxygen atoms in total. The molecule has 28 atom stereocenters. The van der Waals surface area contributed by atoms with Crippen molar-refractivity contribution in [3.63, 3.8) is 0 Å². The molecule has 1 aromatic carbocycles. The summed E-state index contributed by atoms with van der Waals surface area (Å²) >= 11 is 0. The molecule has 4 saturated heterocycles. The van der Waals surface area contributed by atoms with Crippen LogP contribution in [0.1, 0.15) is 122 Å². The van der Waals surface area contributed by atoms with Gasteiger partial charge in [0.25, 0.3) is 0 Å². The number of hydrogen-bond donors (Lipinski definition) is 7. The summed E-state index contributed by atoms with van der Waals surface area (Å²) in [6, 6.07) is 12.6.